The highest BCUT2D eigenvalue weighted by atomic mass is 32.2. The molecule has 4 N–H and O–H groups in total. The molecular formula is C22H27N3O4S. The summed E-state index contributed by atoms with van der Waals surface area (Å²) < 4.78 is 22.7. The van der Waals surface area contributed by atoms with Gasteiger partial charge in [0.15, 0.2) is 0 Å². The molecule has 0 heterocycles. The van der Waals surface area contributed by atoms with Crippen LogP contribution in [0, 0.1) is 5.92 Å². The average molecular weight is 430 g/mol. The van der Waals surface area contributed by atoms with Crippen molar-refractivity contribution in [3.05, 3.63) is 59.7 Å². The molecule has 2 aromatic rings. The van der Waals surface area contributed by atoms with E-state index >= 15 is 0 Å². The van der Waals surface area contributed by atoms with Crippen LogP contribution in [0.5, 0.6) is 0 Å². The monoisotopic (exact) mass is 429 g/mol. The Morgan fingerprint density at radius 3 is 2.33 bits per heavy atom. The summed E-state index contributed by atoms with van der Waals surface area (Å²) in [6.07, 6.45) is 5.16. The number of nitrogens with one attached hydrogen (secondary N) is 2. The quantitative estimate of drug-likeness (QED) is 0.652. The van der Waals surface area contributed by atoms with E-state index in [1.807, 2.05) is 0 Å². The van der Waals surface area contributed by atoms with Gasteiger partial charge in [-0.2, -0.15) is 0 Å². The Bertz CT molecular complexity index is 1010. The molecule has 7 nitrogen and oxygen atoms in total. The third kappa shape index (κ3) is 5.67. The van der Waals surface area contributed by atoms with Gasteiger partial charge in [-0.05, 0) is 55.7 Å². The summed E-state index contributed by atoms with van der Waals surface area (Å²) in [5, 5.41) is 10.9. The Hall–Kier alpha value is -2.71. The highest BCUT2D eigenvalue weighted by molar-refractivity contribution is 7.89. The van der Waals surface area contributed by atoms with E-state index in [1.54, 1.807) is 43.3 Å². The van der Waals surface area contributed by atoms with Crippen molar-refractivity contribution < 1.29 is 18.0 Å². The largest absolute Gasteiger partial charge is 0.346 e. The Balaban J connectivity index is 1.63. The third-order valence-corrected chi connectivity index (χ3v) is 6.35. The lowest BCUT2D eigenvalue weighted by molar-refractivity contribution is -0.120. The van der Waals surface area contributed by atoms with Crippen LogP contribution >= 0.6 is 0 Å². The van der Waals surface area contributed by atoms with Crippen molar-refractivity contribution in [2.75, 3.05) is 5.32 Å². The summed E-state index contributed by atoms with van der Waals surface area (Å²) >= 11 is 0. The van der Waals surface area contributed by atoms with E-state index in [0.29, 0.717) is 11.3 Å². The van der Waals surface area contributed by atoms with Gasteiger partial charge in [-0.3, -0.25) is 9.59 Å². The minimum absolute atomic E-state index is 0.00979. The summed E-state index contributed by atoms with van der Waals surface area (Å²) in [7, 11) is -3.76. The van der Waals surface area contributed by atoms with Gasteiger partial charge in [0, 0.05) is 17.2 Å². The first-order chi connectivity index (χ1) is 14.2. The van der Waals surface area contributed by atoms with Gasteiger partial charge in [-0.1, -0.05) is 37.5 Å². The smallest absolute Gasteiger partial charge is 0.251 e. The number of sulfonamides is 1. The first-order valence-electron chi connectivity index (χ1n) is 10.1. The molecule has 1 fully saturated rings. The molecule has 0 aromatic heterocycles. The number of hydrogen-bond donors (Lipinski definition) is 3. The molecule has 0 bridgehead atoms. The van der Waals surface area contributed by atoms with Crippen LogP contribution in [0.15, 0.2) is 53.4 Å². The van der Waals surface area contributed by atoms with Gasteiger partial charge in [-0.15, -0.1) is 0 Å². The highest BCUT2D eigenvalue weighted by Gasteiger charge is 2.21. The van der Waals surface area contributed by atoms with Crippen molar-refractivity contribution in [2.24, 2.45) is 11.1 Å². The van der Waals surface area contributed by atoms with E-state index in [9.17, 15) is 18.0 Å². The maximum atomic E-state index is 12.7. The van der Waals surface area contributed by atoms with Gasteiger partial charge in [0.2, 0.25) is 15.9 Å². The number of hydrogen-bond acceptors (Lipinski definition) is 4. The molecule has 1 aliphatic rings. The van der Waals surface area contributed by atoms with E-state index in [2.05, 4.69) is 10.6 Å². The number of benzene rings is 2. The van der Waals surface area contributed by atoms with Gasteiger partial charge in [-0.25, -0.2) is 13.6 Å². The molecule has 3 rings (SSSR count). The average Bonchev–Trinajstić information content (AvgIpc) is 2.74. The number of primary sulfonamides is 1. The number of rotatable bonds is 6. The Labute approximate surface area is 177 Å². The zero-order valence-corrected chi connectivity index (χ0v) is 17.7. The van der Waals surface area contributed by atoms with Crippen molar-refractivity contribution in [1.29, 1.82) is 0 Å². The first kappa shape index (κ1) is 22.0. The lowest BCUT2D eigenvalue weighted by Crippen LogP contribution is -2.27. The predicted octanol–water partition coefficient (Wildman–Crippen LogP) is 3.34. The number of anilines is 1. The fourth-order valence-corrected chi connectivity index (χ4v) is 4.17. The number of nitrogens with two attached hydrogens (primary N) is 1. The minimum atomic E-state index is -3.76. The van der Waals surface area contributed by atoms with Gasteiger partial charge in [0.25, 0.3) is 5.91 Å². The lowest BCUT2D eigenvalue weighted by Gasteiger charge is -2.21. The Kier molecular flexibility index (Phi) is 6.89. The number of amides is 2. The van der Waals surface area contributed by atoms with Gasteiger partial charge in [0.05, 0.1) is 10.9 Å². The van der Waals surface area contributed by atoms with Crippen LogP contribution in [-0.4, -0.2) is 20.2 Å². The second-order valence-corrected chi connectivity index (χ2v) is 9.28. The van der Waals surface area contributed by atoms with Crippen molar-refractivity contribution in [2.45, 2.75) is 50.0 Å². The van der Waals surface area contributed by atoms with Crippen molar-refractivity contribution in [3.8, 4) is 0 Å². The van der Waals surface area contributed by atoms with Crippen molar-refractivity contribution >= 4 is 27.5 Å². The van der Waals surface area contributed by atoms with Crippen LogP contribution in [0.25, 0.3) is 0 Å². The normalized spacial score (nSPS) is 15.9. The van der Waals surface area contributed by atoms with Crippen molar-refractivity contribution in [3.63, 3.8) is 0 Å². The van der Waals surface area contributed by atoms with Crippen LogP contribution in [0.2, 0.25) is 0 Å². The maximum absolute atomic E-state index is 12.7. The molecule has 1 atom stereocenters. The molecule has 1 aliphatic carbocycles. The van der Waals surface area contributed by atoms with E-state index < -0.39 is 10.0 Å². The van der Waals surface area contributed by atoms with Crippen molar-refractivity contribution in [1.82, 2.24) is 5.32 Å². The van der Waals surface area contributed by atoms with Crippen LogP contribution < -0.4 is 15.8 Å². The molecule has 0 spiro atoms. The fourth-order valence-electron chi connectivity index (χ4n) is 3.66. The zero-order valence-electron chi connectivity index (χ0n) is 16.9. The van der Waals surface area contributed by atoms with E-state index in [1.165, 1.54) is 18.6 Å². The number of carbonyl (C=O) groups excluding carboxylic acids is 2. The van der Waals surface area contributed by atoms with Gasteiger partial charge < -0.3 is 10.6 Å². The summed E-state index contributed by atoms with van der Waals surface area (Å²) in [4.78, 5) is 25.1. The van der Waals surface area contributed by atoms with E-state index in [-0.39, 0.29) is 28.7 Å². The Morgan fingerprint density at radius 1 is 1.03 bits per heavy atom. The molecule has 160 valence electrons. The lowest BCUT2D eigenvalue weighted by atomic mass is 9.88. The topological polar surface area (TPSA) is 118 Å². The maximum Gasteiger partial charge on any atom is 0.251 e. The van der Waals surface area contributed by atoms with Crippen LogP contribution in [-0.2, 0) is 14.8 Å². The fraction of sp³-hybridized carbons (Fsp3) is 0.364. The second-order valence-electron chi connectivity index (χ2n) is 7.71. The standard InChI is InChI=1S/C22H27N3O4S/c1-15(16-10-12-20(13-11-16)30(23,28)29)24-22(27)18-8-5-9-19(14-18)25-21(26)17-6-3-2-4-7-17/h5,8-15,17H,2-4,6-7H2,1H3,(H,24,27)(H,25,26)(H2,23,28,29). The summed E-state index contributed by atoms with van der Waals surface area (Å²) in [6, 6.07) is 12.6. The second kappa shape index (κ2) is 9.40. The molecule has 1 saturated carbocycles. The first-order valence-corrected chi connectivity index (χ1v) is 11.6. The van der Waals surface area contributed by atoms with Crippen LogP contribution in [0.1, 0.15) is 61.0 Å². The summed E-state index contributed by atoms with van der Waals surface area (Å²) in [5.41, 5.74) is 1.78. The van der Waals surface area contributed by atoms with E-state index in [0.717, 1.165) is 31.2 Å². The SMILES string of the molecule is CC(NC(=O)c1cccc(NC(=O)C2CCCCC2)c1)c1ccc(S(N)(=O)=O)cc1. The van der Waals surface area contributed by atoms with Crippen LogP contribution in [0.4, 0.5) is 5.69 Å². The zero-order chi connectivity index (χ0) is 21.7. The summed E-state index contributed by atoms with van der Waals surface area (Å²) in [5.74, 6) is -0.237. The summed E-state index contributed by atoms with van der Waals surface area (Å²) in [6.45, 7) is 1.80. The molecule has 0 saturated heterocycles. The highest BCUT2D eigenvalue weighted by Crippen LogP contribution is 2.25. The third-order valence-electron chi connectivity index (χ3n) is 5.42. The van der Waals surface area contributed by atoms with Gasteiger partial charge in [0.1, 0.15) is 0 Å². The molecule has 8 heteroatoms. The molecule has 0 aliphatic heterocycles. The van der Waals surface area contributed by atoms with Crippen LogP contribution in [0.3, 0.4) is 0 Å². The van der Waals surface area contributed by atoms with E-state index in [4.69, 9.17) is 5.14 Å². The Morgan fingerprint density at radius 2 is 1.70 bits per heavy atom. The molecule has 0 radical (unpaired) electrons. The molecule has 2 amide bonds. The molecule has 1 unspecified atom stereocenters. The van der Waals surface area contributed by atoms with Gasteiger partial charge >= 0.3 is 0 Å². The predicted molar refractivity (Wildman–Crippen MR) is 115 cm³/mol. The molecular weight excluding hydrogens is 402 g/mol. The number of carbonyl (C=O) groups is 2. The minimum Gasteiger partial charge on any atom is -0.346 e. The molecule has 30 heavy (non-hydrogen) atoms. The molecule has 2 aromatic carbocycles.